The molecule has 1 aliphatic carbocycles. The van der Waals surface area contributed by atoms with Gasteiger partial charge in [-0.15, -0.1) is 0 Å². The number of fused-ring (bicyclic) bond motifs is 1. The molecule has 1 aromatic rings. The van der Waals surface area contributed by atoms with E-state index < -0.39 is 0 Å². The van der Waals surface area contributed by atoms with Crippen molar-refractivity contribution in [2.45, 2.75) is 44.9 Å². The minimum atomic E-state index is 0.262. The molecule has 0 bridgehead atoms. The molecule has 102 valence electrons. The third-order valence-electron chi connectivity index (χ3n) is 4.82. The highest BCUT2D eigenvalue weighted by atomic mass is 16.5. The summed E-state index contributed by atoms with van der Waals surface area (Å²) in [6, 6.07) is 8.27. The largest absolute Gasteiger partial charge is 0.493 e. The summed E-state index contributed by atoms with van der Waals surface area (Å²) in [7, 11) is 0. The summed E-state index contributed by atoms with van der Waals surface area (Å²) >= 11 is 0. The quantitative estimate of drug-likeness (QED) is 0.820. The molecule has 1 fully saturated rings. The Labute approximate surface area is 115 Å². The van der Waals surface area contributed by atoms with Gasteiger partial charge in [-0.1, -0.05) is 31.5 Å². The van der Waals surface area contributed by atoms with E-state index in [4.69, 9.17) is 4.74 Å². The molecule has 3 rings (SSSR count). The summed E-state index contributed by atoms with van der Waals surface area (Å²) in [5, 5.41) is 0. The van der Waals surface area contributed by atoms with E-state index in [2.05, 4.69) is 19.1 Å². The van der Waals surface area contributed by atoms with E-state index >= 15 is 0 Å². The van der Waals surface area contributed by atoms with E-state index in [-0.39, 0.29) is 5.92 Å². The van der Waals surface area contributed by atoms with Gasteiger partial charge in [0.15, 0.2) is 0 Å². The molecule has 0 aromatic heterocycles. The van der Waals surface area contributed by atoms with Crippen LogP contribution in [-0.2, 0) is 4.79 Å². The van der Waals surface area contributed by atoms with Crippen molar-refractivity contribution in [3.8, 4) is 5.75 Å². The molecule has 2 heteroatoms. The Bertz CT molecular complexity index is 466. The van der Waals surface area contributed by atoms with Crippen LogP contribution in [0.4, 0.5) is 0 Å². The second-order valence-corrected chi connectivity index (χ2v) is 5.99. The molecular weight excluding hydrogens is 236 g/mol. The maximum atomic E-state index is 12.1. The van der Waals surface area contributed by atoms with Crippen molar-refractivity contribution in [3.05, 3.63) is 29.8 Å². The first-order valence-electron chi connectivity index (χ1n) is 7.52. The topological polar surface area (TPSA) is 26.3 Å². The highest BCUT2D eigenvalue weighted by Crippen LogP contribution is 2.40. The number of Topliss-reactive ketones (excluding diaryl/α,β-unsaturated/α-hetero) is 1. The lowest BCUT2D eigenvalue weighted by atomic mass is 9.75. The lowest BCUT2D eigenvalue weighted by Crippen LogP contribution is -2.26. The van der Waals surface area contributed by atoms with E-state index in [1.54, 1.807) is 0 Å². The van der Waals surface area contributed by atoms with Crippen molar-refractivity contribution in [2.24, 2.45) is 11.8 Å². The number of rotatable bonds is 3. The maximum absolute atomic E-state index is 12.1. The number of para-hydroxylation sites is 1. The summed E-state index contributed by atoms with van der Waals surface area (Å²) in [4.78, 5) is 12.1. The molecule has 1 aromatic carbocycles. The van der Waals surface area contributed by atoms with Gasteiger partial charge in [0.05, 0.1) is 6.61 Å². The fourth-order valence-electron chi connectivity index (χ4n) is 3.57. The standard InChI is InChI=1S/C17H22O2/c1-2-12-7-8-16(18)13(9-12)10-14-11-19-17-6-4-3-5-15(14)17/h3-6,12-14H,2,7-11H2,1H3. The molecule has 3 atom stereocenters. The van der Waals surface area contributed by atoms with E-state index in [9.17, 15) is 4.79 Å². The Morgan fingerprint density at radius 3 is 2.95 bits per heavy atom. The first kappa shape index (κ1) is 12.7. The van der Waals surface area contributed by atoms with Crippen LogP contribution in [0.2, 0.25) is 0 Å². The van der Waals surface area contributed by atoms with Gasteiger partial charge in [-0.3, -0.25) is 4.79 Å². The molecule has 0 spiro atoms. The number of carbonyl (C=O) groups is 1. The normalized spacial score (nSPS) is 29.9. The highest BCUT2D eigenvalue weighted by molar-refractivity contribution is 5.81. The first-order chi connectivity index (χ1) is 9.28. The van der Waals surface area contributed by atoms with Crippen LogP contribution in [0.25, 0.3) is 0 Å². The fourth-order valence-corrected chi connectivity index (χ4v) is 3.57. The van der Waals surface area contributed by atoms with Crippen LogP contribution in [-0.4, -0.2) is 12.4 Å². The molecule has 1 saturated carbocycles. The molecular formula is C17H22O2. The Hall–Kier alpha value is -1.31. The van der Waals surface area contributed by atoms with Crippen molar-refractivity contribution in [2.75, 3.05) is 6.61 Å². The van der Waals surface area contributed by atoms with E-state index in [1.165, 1.54) is 12.0 Å². The van der Waals surface area contributed by atoms with Gasteiger partial charge in [0, 0.05) is 23.8 Å². The van der Waals surface area contributed by atoms with Gasteiger partial charge in [-0.2, -0.15) is 0 Å². The average molecular weight is 258 g/mol. The number of benzene rings is 1. The SMILES string of the molecule is CCC1CCC(=O)C(CC2COc3ccccc32)C1. The molecule has 0 radical (unpaired) electrons. The zero-order valence-electron chi connectivity index (χ0n) is 11.6. The van der Waals surface area contributed by atoms with Gasteiger partial charge in [0.2, 0.25) is 0 Å². The Morgan fingerprint density at radius 1 is 1.26 bits per heavy atom. The number of carbonyl (C=O) groups excluding carboxylic acids is 1. The Kier molecular flexibility index (Phi) is 3.58. The van der Waals surface area contributed by atoms with Gasteiger partial charge in [-0.25, -0.2) is 0 Å². The van der Waals surface area contributed by atoms with Crippen LogP contribution in [0.1, 0.15) is 50.5 Å². The molecule has 19 heavy (non-hydrogen) atoms. The van der Waals surface area contributed by atoms with Gasteiger partial charge in [0.25, 0.3) is 0 Å². The minimum Gasteiger partial charge on any atom is -0.493 e. The summed E-state index contributed by atoms with van der Waals surface area (Å²) in [5.74, 6) is 2.93. The Balaban J connectivity index is 1.70. The zero-order valence-corrected chi connectivity index (χ0v) is 11.6. The molecule has 0 N–H and O–H groups in total. The molecule has 0 amide bonds. The zero-order chi connectivity index (χ0) is 13.2. The predicted molar refractivity (Wildman–Crippen MR) is 75.4 cm³/mol. The van der Waals surface area contributed by atoms with Crippen molar-refractivity contribution in [3.63, 3.8) is 0 Å². The maximum Gasteiger partial charge on any atom is 0.136 e. The highest BCUT2D eigenvalue weighted by Gasteiger charge is 2.33. The summed E-state index contributed by atoms with van der Waals surface area (Å²) in [5.41, 5.74) is 1.30. The number of ketones is 1. The minimum absolute atomic E-state index is 0.262. The fraction of sp³-hybridized carbons (Fsp3) is 0.588. The summed E-state index contributed by atoms with van der Waals surface area (Å²) in [6.07, 6.45) is 5.17. The van der Waals surface area contributed by atoms with Gasteiger partial charge in [-0.05, 0) is 31.2 Å². The first-order valence-corrected chi connectivity index (χ1v) is 7.52. The van der Waals surface area contributed by atoms with Crippen molar-refractivity contribution >= 4 is 5.78 Å². The average Bonchev–Trinajstić information content (AvgIpc) is 2.85. The summed E-state index contributed by atoms with van der Waals surface area (Å²) in [6.45, 7) is 2.99. The van der Waals surface area contributed by atoms with Crippen LogP contribution in [0, 0.1) is 11.8 Å². The monoisotopic (exact) mass is 258 g/mol. The third-order valence-corrected chi connectivity index (χ3v) is 4.82. The van der Waals surface area contributed by atoms with Crippen molar-refractivity contribution in [1.82, 2.24) is 0 Å². The lowest BCUT2D eigenvalue weighted by molar-refractivity contribution is -0.126. The number of hydrogen-bond acceptors (Lipinski definition) is 2. The molecule has 3 unspecified atom stereocenters. The van der Waals surface area contributed by atoms with Crippen LogP contribution in [0.5, 0.6) is 5.75 Å². The van der Waals surface area contributed by atoms with Crippen LogP contribution in [0.15, 0.2) is 24.3 Å². The van der Waals surface area contributed by atoms with Crippen molar-refractivity contribution < 1.29 is 9.53 Å². The van der Waals surface area contributed by atoms with Crippen molar-refractivity contribution in [1.29, 1.82) is 0 Å². The molecule has 0 saturated heterocycles. The van der Waals surface area contributed by atoms with Gasteiger partial charge in [0.1, 0.15) is 11.5 Å². The van der Waals surface area contributed by atoms with E-state index in [1.807, 2.05) is 12.1 Å². The van der Waals surface area contributed by atoms with Gasteiger partial charge >= 0.3 is 0 Å². The lowest BCUT2D eigenvalue weighted by Gasteiger charge is -2.28. The molecule has 1 heterocycles. The van der Waals surface area contributed by atoms with Gasteiger partial charge < -0.3 is 4.74 Å². The van der Waals surface area contributed by atoms with Crippen LogP contribution >= 0.6 is 0 Å². The number of ether oxygens (including phenoxy) is 1. The molecule has 1 aliphatic heterocycles. The van der Waals surface area contributed by atoms with Crippen LogP contribution in [0.3, 0.4) is 0 Å². The molecule has 2 aliphatic rings. The van der Waals surface area contributed by atoms with E-state index in [0.717, 1.165) is 44.0 Å². The predicted octanol–water partition coefficient (Wildman–Crippen LogP) is 3.95. The molecule has 2 nitrogen and oxygen atoms in total. The van der Waals surface area contributed by atoms with E-state index in [0.29, 0.717) is 11.7 Å². The summed E-state index contributed by atoms with van der Waals surface area (Å²) < 4.78 is 5.73. The third kappa shape index (κ3) is 2.54. The van der Waals surface area contributed by atoms with Crippen LogP contribution < -0.4 is 4.74 Å². The smallest absolute Gasteiger partial charge is 0.136 e. The number of hydrogen-bond donors (Lipinski definition) is 0. The second-order valence-electron chi connectivity index (χ2n) is 5.99. The second kappa shape index (κ2) is 5.36. The Morgan fingerprint density at radius 2 is 2.11 bits per heavy atom.